The highest BCUT2D eigenvalue weighted by molar-refractivity contribution is 7.16. The van der Waals surface area contributed by atoms with Crippen LogP contribution in [0.1, 0.15) is 22.3 Å². The van der Waals surface area contributed by atoms with Crippen LogP contribution in [0.15, 0.2) is 0 Å². The van der Waals surface area contributed by atoms with E-state index in [0.29, 0.717) is 23.1 Å². The SMILES string of the molecule is CC(=O)Nc1nc(C(=O)O)c(CN2CCN(CCO)CC2)s1. The molecule has 3 N–H and O–H groups in total. The van der Waals surface area contributed by atoms with Gasteiger partial charge in [-0.25, -0.2) is 9.78 Å². The fraction of sp³-hybridized carbons (Fsp3) is 0.615. The van der Waals surface area contributed by atoms with Crippen molar-refractivity contribution in [3.63, 3.8) is 0 Å². The maximum absolute atomic E-state index is 11.3. The van der Waals surface area contributed by atoms with E-state index < -0.39 is 5.97 Å². The molecule has 1 aromatic rings. The summed E-state index contributed by atoms with van der Waals surface area (Å²) in [5.74, 6) is -1.35. The third-order valence-corrected chi connectivity index (χ3v) is 4.39. The van der Waals surface area contributed by atoms with E-state index >= 15 is 0 Å². The molecule has 8 nitrogen and oxygen atoms in total. The number of aromatic carboxylic acids is 1. The highest BCUT2D eigenvalue weighted by Gasteiger charge is 2.22. The zero-order valence-electron chi connectivity index (χ0n) is 12.4. The fourth-order valence-electron chi connectivity index (χ4n) is 2.35. The molecule has 22 heavy (non-hydrogen) atoms. The number of amides is 1. The normalized spacial score (nSPS) is 16.6. The van der Waals surface area contributed by atoms with Crippen LogP contribution in [0, 0.1) is 0 Å². The number of carboxylic acid groups (broad SMARTS) is 1. The van der Waals surface area contributed by atoms with Crippen molar-refractivity contribution in [1.29, 1.82) is 0 Å². The number of aliphatic hydroxyl groups is 1. The number of thiazole rings is 1. The molecule has 1 amide bonds. The Morgan fingerprint density at radius 2 is 1.91 bits per heavy atom. The first-order chi connectivity index (χ1) is 10.5. The van der Waals surface area contributed by atoms with Crippen molar-refractivity contribution >= 4 is 28.3 Å². The maximum atomic E-state index is 11.3. The van der Waals surface area contributed by atoms with Crippen LogP contribution in [-0.4, -0.2) is 76.2 Å². The molecular weight excluding hydrogens is 308 g/mol. The molecule has 0 bridgehead atoms. The van der Waals surface area contributed by atoms with Crippen molar-refractivity contribution in [3.05, 3.63) is 10.6 Å². The van der Waals surface area contributed by atoms with E-state index in [1.54, 1.807) is 0 Å². The van der Waals surface area contributed by atoms with Crippen molar-refractivity contribution in [1.82, 2.24) is 14.8 Å². The number of piperazine rings is 1. The minimum atomic E-state index is -1.08. The topological polar surface area (TPSA) is 106 Å². The Morgan fingerprint density at radius 1 is 1.27 bits per heavy atom. The average molecular weight is 328 g/mol. The van der Waals surface area contributed by atoms with Gasteiger partial charge in [-0.2, -0.15) is 0 Å². The molecule has 9 heteroatoms. The first kappa shape index (κ1) is 16.8. The Hall–Kier alpha value is -1.55. The average Bonchev–Trinajstić information content (AvgIpc) is 2.83. The van der Waals surface area contributed by atoms with Gasteiger partial charge in [-0.15, -0.1) is 0 Å². The Labute approximate surface area is 132 Å². The Kier molecular flexibility index (Phi) is 5.83. The summed E-state index contributed by atoms with van der Waals surface area (Å²) in [4.78, 5) is 31.3. The number of carbonyl (C=O) groups is 2. The van der Waals surface area contributed by atoms with Crippen LogP contribution in [0.2, 0.25) is 0 Å². The molecule has 0 aliphatic carbocycles. The minimum Gasteiger partial charge on any atom is -0.476 e. The second-order valence-corrected chi connectivity index (χ2v) is 6.20. The molecule has 1 saturated heterocycles. The molecule has 0 saturated carbocycles. The summed E-state index contributed by atoms with van der Waals surface area (Å²) in [5.41, 5.74) is 0.00605. The molecular formula is C13H20N4O4S. The number of nitrogens with one attached hydrogen (secondary N) is 1. The lowest BCUT2D eigenvalue weighted by molar-refractivity contribution is -0.114. The number of β-amino-alcohol motifs (C(OH)–C–C–N with tert-alkyl or cyclic N) is 1. The number of aliphatic hydroxyl groups excluding tert-OH is 1. The predicted molar refractivity (Wildman–Crippen MR) is 82.2 cm³/mol. The largest absolute Gasteiger partial charge is 0.476 e. The molecule has 1 fully saturated rings. The summed E-state index contributed by atoms with van der Waals surface area (Å²) < 4.78 is 0. The number of hydrogen-bond acceptors (Lipinski definition) is 7. The van der Waals surface area contributed by atoms with Gasteiger partial charge in [0.15, 0.2) is 10.8 Å². The van der Waals surface area contributed by atoms with Crippen molar-refractivity contribution in [2.45, 2.75) is 13.5 Å². The van der Waals surface area contributed by atoms with E-state index in [2.05, 4.69) is 20.1 Å². The van der Waals surface area contributed by atoms with E-state index in [-0.39, 0.29) is 18.2 Å². The second kappa shape index (κ2) is 7.63. The lowest BCUT2D eigenvalue weighted by Crippen LogP contribution is -2.46. The van der Waals surface area contributed by atoms with Gasteiger partial charge in [-0.05, 0) is 0 Å². The number of carbonyl (C=O) groups excluding carboxylic acids is 1. The number of anilines is 1. The van der Waals surface area contributed by atoms with Gasteiger partial charge in [0.05, 0.1) is 11.5 Å². The van der Waals surface area contributed by atoms with Crippen LogP contribution >= 0.6 is 11.3 Å². The number of carboxylic acids is 1. The summed E-state index contributed by atoms with van der Waals surface area (Å²) in [7, 11) is 0. The fourth-order valence-corrected chi connectivity index (χ4v) is 3.39. The minimum absolute atomic E-state index is 0.00605. The molecule has 0 radical (unpaired) electrons. The molecule has 0 spiro atoms. The van der Waals surface area contributed by atoms with Crippen LogP contribution < -0.4 is 5.32 Å². The van der Waals surface area contributed by atoms with Crippen LogP contribution in [0.3, 0.4) is 0 Å². The maximum Gasteiger partial charge on any atom is 0.355 e. The molecule has 122 valence electrons. The molecule has 2 rings (SSSR count). The van der Waals surface area contributed by atoms with E-state index in [1.807, 2.05) is 0 Å². The molecule has 1 aliphatic heterocycles. The van der Waals surface area contributed by atoms with Gasteiger partial charge in [0, 0.05) is 46.2 Å². The van der Waals surface area contributed by atoms with Crippen molar-refractivity contribution in [3.8, 4) is 0 Å². The highest BCUT2D eigenvalue weighted by atomic mass is 32.1. The van der Waals surface area contributed by atoms with Crippen LogP contribution in [-0.2, 0) is 11.3 Å². The van der Waals surface area contributed by atoms with Crippen LogP contribution in [0.25, 0.3) is 0 Å². The number of aromatic nitrogens is 1. The van der Waals surface area contributed by atoms with E-state index in [1.165, 1.54) is 18.3 Å². The lowest BCUT2D eigenvalue weighted by Gasteiger charge is -2.34. The van der Waals surface area contributed by atoms with Crippen molar-refractivity contribution in [2.24, 2.45) is 0 Å². The second-order valence-electron chi connectivity index (χ2n) is 5.12. The van der Waals surface area contributed by atoms with Gasteiger partial charge in [0.1, 0.15) is 0 Å². The smallest absolute Gasteiger partial charge is 0.355 e. The quantitative estimate of drug-likeness (QED) is 0.670. The molecule has 1 aromatic heterocycles. The third kappa shape index (κ3) is 4.47. The number of rotatable bonds is 6. The monoisotopic (exact) mass is 328 g/mol. The van der Waals surface area contributed by atoms with Gasteiger partial charge in [-0.1, -0.05) is 11.3 Å². The number of nitrogens with zero attached hydrogens (tertiary/aromatic N) is 3. The summed E-state index contributed by atoms with van der Waals surface area (Å²) in [6.45, 7) is 6.01. The van der Waals surface area contributed by atoms with Crippen LogP contribution in [0.5, 0.6) is 0 Å². The van der Waals surface area contributed by atoms with E-state index in [4.69, 9.17) is 5.11 Å². The zero-order valence-corrected chi connectivity index (χ0v) is 13.2. The molecule has 1 aliphatic rings. The first-order valence-corrected chi connectivity index (χ1v) is 7.87. The summed E-state index contributed by atoms with van der Waals surface area (Å²) >= 11 is 1.20. The lowest BCUT2D eigenvalue weighted by atomic mass is 10.3. The van der Waals surface area contributed by atoms with Gasteiger partial charge in [0.2, 0.25) is 5.91 Å². The van der Waals surface area contributed by atoms with Gasteiger partial charge in [0.25, 0.3) is 0 Å². The highest BCUT2D eigenvalue weighted by Crippen LogP contribution is 2.25. The summed E-state index contributed by atoms with van der Waals surface area (Å²) in [5, 5.41) is 21.0. The Balaban J connectivity index is 2.01. The van der Waals surface area contributed by atoms with Gasteiger partial charge >= 0.3 is 5.97 Å². The van der Waals surface area contributed by atoms with Gasteiger partial charge < -0.3 is 15.5 Å². The third-order valence-electron chi connectivity index (χ3n) is 3.43. The Morgan fingerprint density at radius 3 is 2.45 bits per heavy atom. The molecule has 0 unspecified atom stereocenters. The standard InChI is InChI=1S/C13H20N4O4S/c1-9(19)14-13-15-11(12(20)21)10(22-13)8-17-4-2-16(3-5-17)6-7-18/h18H,2-8H2,1H3,(H,20,21)(H,14,15,19). The summed E-state index contributed by atoms with van der Waals surface area (Å²) in [6.07, 6.45) is 0. The van der Waals surface area contributed by atoms with E-state index in [0.717, 1.165) is 26.2 Å². The molecule has 2 heterocycles. The predicted octanol–water partition coefficient (Wildman–Crippen LogP) is -0.0904. The van der Waals surface area contributed by atoms with Gasteiger partial charge in [-0.3, -0.25) is 14.6 Å². The molecule has 0 atom stereocenters. The molecule has 0 aromatic carbocycles. The van der Waals surface area contributed by atoms with Crippen LogP contribution in [0.4, 0.5) is 5.13 Å². The van der Waals surface area contributed by atoms with E-state index in [9.17, 15) is 14.7 Å². The van der Waals surface area contributed by atoms with Crippen molar-refractivity contribution in [2.75, 3.05) is 44.6 Å². The number of hydrogen-bond donors (Lipinski definition) is 3. The Bertz CT molecular complexity index is 540. The summed E-state index contributed by atoms with van der Waals surface area (Å²) in [6, 6.07) is 0. The van der Waals surface area contributed by atoms with Crippen molar-refractivity contribution < 1.29 is 19.8 Å². The first-order valence-electron chi connectivity index (χ1n) is 7.05. The zero-order chi connectivity index (χ0) is 16.1.